The molecule has 29 heavy (non-hydrogen) atoms. The van der Waals surface area contributed by atoms with Crippen LogP contribution in [-0.4, -0.2) is 68.1 Å². The molecule has 0 amide bonds. The number of hydrogen-bond acceptors (Lipinski definition) is 3. The summed E-state index contributed by atoms with van der Waals surface area (Å²) in [6.07, 6.45) is -3.32. The maximum Gasteiger partial charge on any atom is 0.416 e. The Bertz CT molecular complexity index is 659. The first kappa shape index (κ1) is 26.0. The normalized spacial score (nSPS) is 18.7. The van der Waals surface area contributed by atoms with Gasteiger partial charge in [0, 0.05) is 44.8 Å². The second-order valence-corrected chi connectivity index (χ2v) is 8.19. The van der Waals surface area contributed by atoms with Gasteiger partial charge in [-0.3, -0.25) is 9.89 Å². The number of benzene rings is 1. The minimum Gasteiger partial charge on any atom is -0.355 e. The summed E-state index contributed by atoms with van der Waals surface area (Å²) in [6, 6.07) is 5.70. The zero-order valence-electron chi connectivity index (χ0n) is 17.8. The van der Waals surface area contributed by atoms with Crippen molar-refractivity contribution in [1.82, 2.24) is 20.4 Å². The average Bonchev–Trinajstić information content (AvgIpc) is 3.05. The molecular weight excluding hydrogens is 494 g/mol. The minimum absolute atomic E-state index is 0. The average molecular weight is 527 g/mol. The third-order valence-electron chi connectivity index (χ3n) is 5.42. The fourth-order valence-corrected chi connectivity index (χ4v) is 3.00. The summed E-state index contributed by atoms with van der Waals surface area (Å²) in [5.74, 6) is 0.774. The number of hydrogen-bond donors (Lipinski definition) is 2. The predicted molar refractivity (Wildman–Crippen MR) is 123 cm³/mol. The summed E-state index contributed by atoms with van der Waals surface area (Å²) in [4.78, 5) is 8.72. The molecule has 1 aliphatic heterocycles. The molecule has 2 rings (SSSR count). The van der Waals surface area contributed by atoms with E-state index in [4.69, 9.17) is 0 Å². The van der Waals surface area contributed by atoms with Gasteiger partial charge in [0.1, 0.15) is 0 Å². The lowest BCUT2D eigenvalue weighted by atomic mass is 10.0. The van der Waals surface area contributed by atoms with E-state index in [2.05, 4.69) is 39.3 Å². The van der Waals surface area contributed by atoms with Crippen molar-refractivity contribution in [3.05, 3.63) is 35.4 Å². The Balaban J connectivity index is 0.00000420. The third kappa shape index (κ3) is 7.93. The predicted octanol–water partition coefficient (Wildman–Crippen LogP) is 3.40. The molecule has 0 bridgehead atoms. The van der Waals surface area contributed by atoms with Gasteiger partial charge in [-0.25, -0.2) is 0 Å². The highest BCUT2D eigenvalue weighted by atomic mass is 127. The topological polar surface area (TPSA) is 42.9 Å². The highest BCUT2D eigenvalue weighted by Crippen LogP contribution is 2.29. The van der Waals surface area contributed by atoms with Crippen LogP contribution in [-0.2, 0) is 12.7 Å². The lowest BCUT2D eigenvalue weighted by Gasteiger charge is -2.33. The fourth-order valence-electron chi connectivity index (χ4n) is 3.00. The van der Waals surface area contributed by atoms with Crippen molar-refractivity contribution in [2.75, 3.05) is 40.8 Å². The number of nitrogens with zero attached hydrogens (tertiary/aromatic N) is 3. The molecule has 1 fully saturated rings. The molecule has 166 valence electrons. The van der Waals surface area contributed by atoms with E-state index in [9.17, 15) is 13.2 Å². The summed E-state index contributed by atoms with van der Waals surface area (Å²) in [5.41, 5.74) is 0.290. The van der Waals surface area contributed by atoms with Crippen LogP contribution in [0.5, 0.6) is 0 Å². The molecule has 9 heteroatoms. The summed E-state index contributed by atoms with van der Waals surface area (Å²) in [5, 5.41) is 6.83. The van der Waals surface area contributed by atoms with Crippen LogP contribution in [0.15, 0.2) is 29.3 Å². The molecule has 0 spiro atoms. The van der Waals surface area contributed by atoms with E-state index in [-0.39, 0.29) is 35.6 Å². The van der Waals surface area contributed by atoms with Gasteiger partial charge in [0.15, 0.2) is 5.96 Å². The van der Waals surface area contributed by atoms with Gasteiger partial charge < -0.3 is 15.5 Å². The maximum atomic E-state index is 12.7. The first-order valence-electron chi connectivity index (χ1n) is 9.54. The summed E-state index contributed by atoms with van der Waals surface area (Å²) in [6.45, 7) is 7.47. The van der Waals surface area contributed by atoms with Gasteiger partial charge in [-0.05, 0) is 52.1 Å². The van der Waals surface area contributed by atoms with Crippen LogP contribution in [0.3, 0.4) is 0 Å². The number of alkyl halides is 3. The van der Waals surface area contributed by atoms with Gasteiger partial charge in [0.05, 0.1) is 5.56 Å². The molecule has 2 N–H and O–H groups in total. The molecule has 1 unspecified atom stereocenters. The van der Waals surface area contributed by atoms with Gasteiger partial charge in [0.25, 0.3) is 0 Å². The molecule has 1 aliphatic rings. The molecule has 1 aromatic carbocycles. The van der Waals surface area contributed by atoms with Gasteiger partial charge >= 0.3 is 6.18 Å². The Kier molecular flexibility index (Phi) is 9.68. The maximum absolute atomic E-state index is 12.7. The Morgan fingerprint density at radius 2 is 1.83 bits per heavy atom. The van der Waals surface area contributed by atoms with E-state index in [1.54, 1.807) is 19.2 Å². The SMILES string of the molecule is CN=C(NCC(C)(C)N(C)C)NC1CCN(Cc2ccc(C(F)(F)F)cc2)C1.I. The zero-order valence-corrected chi connectivity index (χ0v) is 20.1. The van der Waals surface area contributed by atoms with Crippen LogP contribution < -0.4 is 10.6 Å². The molecule has 0 aliphatic carbocycles. The largest absolute Gasteiger partial charge is 0.416 e. The second-order valence-electron chi connectivity index (χ2n) is 8.19. The van der Waals surface area contributed by atoms with Gasteiger partial charge in [-0.15, -0.1) is 24.0 Å². The monoisotopic (exact) mass is 527 g/mol. The van der Waals surface area contributed by atoms with E-state index in [1.165, 1.54) is 0 Å². The summed E-state index contributed by atoms with van der Waals surface area (Å²) < 4.78 is 38.0. The molecular formula is C20H33F3IN5. The summed E-state index contributed by atoms with van der Waals surface area (Å²) in [7, 11) is 5.86. The molecule has 5 nitrogen and oxygen atoms in total. The Hall–Kier alpha value is -1.07. The van der Waals surface area contributed by atoms with Crippen molar-refractivity contribution in [3.8, 4) is 0 Å². The highest BCUT2D eigenvalue weighted by molar-refractivity contribution is 14.0. The smallest absolute Gasteiger partial charge is 0.355 e. The Labute approximate surface area is 189 Å². The van der Waals surface area contributed by atoms with Crippen LogP contribution in [0.25, 0.3) is 0 Å². The number of likely N-dealkylation sites (N-methyl/N-ethyl adjacent to an activating group) is 1. The van der Waals surface area contributed by atoms with E-state index in [0.29, 0.717) is 6.54 Å². The van der Waals surface area contributed by atoms with E-state index >= 15 is 0 Å². The molecule has 1 heterocycles. The van der Waals surface area contributed by atoms with Crippen LogP contribution in [0.1, 0.15) is 31.4 Å². The summed E-state index contributed by atoms with van der Waals surface area (Å²) >= 11 is 0. The lowest BCUT2D eigenvalue weighted by molar-refractivity contribution is -0.137. The van der Waals surface area contributed by atoms with Crippen LogP contribution in [0.2, 0.25) is 0 Å². The first-order chi connectivity index (χ1) is 13.0. The van der Waals surface area contributed by atoms with Crippen LogP contribution >= 0.6 is 24.0 Å². The van der Waals surface area contributed by atoms with Crippen molar-refractivity contribution < 1.29 is 13.2 Å². The molecule has 0 aromatic heterocycles. The van der Waals surface area contributed by atoms with Crippen LogP contribution in [0, 0.1) is 0 Å². The van der Waals surface area contributed by atoms with Crippen molar-refractivity contribution in [3.63, 3.8) is 0 Å². The number of guanidine groups is 1. The van der Waals surface area contributed by atoms with E-state index in [1.807, 2.05) is 14.1 Å². The highest BCUT2D eigenvalue weighted by Gasteiger charge is 2.30. The molecule has 0 radical (unpaired) electrons. The van der Waals surface area contributed by atoms with Crippen molar-refractivity contribution in [2.24, 2.45) is 4.99 Å². The van der Waals surface area contributed by atoms with E-state index in [0.717, 1.165) is 49.7 Å². The second kappa shape index (κ2) is 10.8. The van der Waals surface area contributed by atoms with Crippen molar-refractivity contribution in [2.45, 2.75) is 44.6 Å². The van der Waals surface area contributed by atoms with Crippen LogP contribution in [0.4, 0.5) is 13.2 Å². The van der Waals surface area contributed by atoms with Crippen molar-refractivity contribution in [1.29, 1.82) is 0 Å². The number of halogens is 4. The van der Waals surface area contributed by atoms with Crippen molar-refractivity contribution >= 4 is 29.9 Å². The number of nitrogens with one attached hydrogen (secondary N) is 2. The number of rotatable bonds is 6. The molecule has 1 atom stereocenters. The quantitative estimate of drug-likeness (QED) is 0.338. The lowest BCUT2D eigenvalue weighted by Crippen LogP contribution is -2.52. The minimum atomic E-state index is -4.29. The van der Waals surface area contributed by atoms with E-state index < -0.39 is 11.7 Å². The van der Waals surface area contributed by atoms with Gasteiger partial charge in [-0.2, -0.15) is 13.2 Å². The molecule has 1 saturated heterocycles. The van der Waals surface area contributed by atoms with Gasteiger partial charge in [-0.1, -0.05) is 12.1 Å². The van der Waals surface area contributed by atoms with Gasteiger partial charge in [0.2, 0.25) is 0 Å². The Morgan fingerprint density at radius 1 is 1.21 bits per heavy atom. The molecule has 1 aromatic rings. The third-order valence-corrected chi connectivity index (χ3v) is 5.42. The fraction of sp³-hybridized carbons (Fsp3) is 0.650. The first-order valence-corrected chi connectivity index (χ1v) is 9.54. The number of aliphatic imine (C=N–C) groups is 1. The standard InChI is InChI=1S/C20H32F3N5.HI/c1-19(2,27(4)5)14-25-18(24-3)26-17-10-11-28(13-17)12-15-6-8-16(9-7-15)20(21,22)23;/h6-9,17H,10-14H2,1-5H3,(H2,24,25,26);1H. The molecule has 0 saturated carbocycles. The number of likely N-dealkylation sites (tertiary alicyclic amines) is 1. The zero-order chi connectivity index (χ0) is 20.9. The Morgan fingerprint density at radius 3 is 2.34 bits per heavy atom.